The second-order valence-corrected chi connectivity index (χ2v) is 5.20. The number of benzene rings is 2. The third-order valence-corrected chi connectivity index (χ3v) is 3.29. The average molecular weight is 368 g/mol. The van der Waals surface area contributed by atoms with Crippen molar-refractivity contribution >= 4 is 23.5 Å². The molecule has 0 saturated carbocycles. The molecule has 1 amide bonds. The summed E-state index contributed by atoms with van der Waals surface area (Å²) in [6.07, 6.45) is 0. The van der Waals surface area contributed by atoms with E-state index in [0.717, 1.165) is 0 Å². The van der Waals surface area contributed by atoms with Crippen LogP contribution in [0.2, 0.25) is 0 Å². The van der Waals surface area contributed by atoms with E-state index in [4.69, 9.17) is 14.7 Å². The largest absolute Gasteiger partial charge is 0.482 e. The number of carbonyl (C=O) groups excluding carboxylic acids is 3. The Labute approximate surface area is 155 Å². The highest BCUT2D eigenvalue weighted by Gasteiger charge is 2.10. The minimum absolute atomic E-state index is 0.349. The molecule has 0 spiro atoms. The first-order valence-corrected chi connectivity index (χ1v) is 7.78. The normalized spacial score (nSPS) is 9.63. The monoisotopic (exact) mass is 368 g/mol. The number of nitrogens with zero attached hydrogens (tertiary/aromatic N) is 1. The summed E-state index contributed by atoms with van der Waals surface area (Å²) >= 11 is 0. The van der Waals surface area contributed by atoms with E-state index in [0.29, 0.717) is 22.6 Å². The van der Waals surface area contributed by atoms with Gasteiger partial charge in [0.2, 0.25) is 0 Å². The maximum atomic E-state index is 11.8. The van der Waals surface area contributed by atoms with Gasteiger partial charge in [0.1, 0.15) is 5.75 Å². The molecule has 0 unspecified atom stereocenters. The first-order chi connectivity index (χ1) is 13.0. The Morgan fingerprint density at radius 1 is 1.00 bits per heavy atom. The maximum absolute atomic E-state index is 11.8. The van der Waals surface area contributed by atoms with Gasteiger partial charge in [-0.2, -0.15) is 5.26 Å². The molecule has 0 heterocycles. The van der Waals surface area contributed by atoms with E-state index in [1.807, 2.05) is 6.07 Å². The third-order valence-electron chi connectivity index (χ3n) is 3.29. The molecule has 2 aromatic rings. The molecule has 0 aromatic heterocycles. The molecule has 0 saturated heterocycles. The van der Waals surface area contributed by atoms with E-state index >= 15 is 0 Å². The van der Waals surface area contributed by atoms with E-state index in [1.165, 1.54) is 31.4 Å². The topological polar surface area (TPSA) is 115 Å². The molecule has 2 aromatic carbocycles. The van der Waals surface area contributed by atoms with Gasteiger partial charge in [-0.15, -0.1) is 0 Å². The lowest BCUT2D eigenvalue weighted by Crippen LogP contribution is -2.23. The second-order valence-electron chi connectivity index (χ2n) is 5.20. The van der Waals surface area contributed by atoms with Gasteiger partial charge in [-0.3, -0.25) is 4.79 Å². The zero-order chi connectivity index (χ0) is 19.6. The highest BCUT2D eigenvalue weighted by molar-refractivity contribution is 5.94. The Balaban J connectivity index is 1.73. The first kappa shape index (κ1) is 19.5. The van der Waals surface area contributed by atoms with Gasteiger partial charge in [0, 0.05) is 5.69 Å². The summed E-state index contributed by atoms with van der Waals surface area (Å²) in [7, 11) is 1.28. The summed E-state index contributed by atoms with van der Waals surface area (Å²) in [6.45, 7) is -0.846. The van der Waals surface area contributed by atoms with Crippen molar-refractivity contribution in [3.8, 4) is 11.8 Å². The van der Waals surface area contributed by atoms with Crippen LogP contribution in [0.3, 0.4) is 0 Å². The Morgan fingerprint density at radius 2 is 1.67 bits per heavy atom. The van der Waals surface area contributed by atoms with Crippen LogP contribution in [0.4, 0.5) is 5.69 Å². The number of amides is 1. The molecule has 0 radical (unpaired) electrons. The van der Waals surface area contributed by atoms with Gasteiger partial charge in [0.15, 0.2) is 13.2 Å². The summed E-state index contributed by atoms with van der Waals surface area (Å²) in [6, 6.07) is 14.2. The fourth-order valence-electron chi connectivity index (χ4n) is 1.96. The predicted molar refractivity (Wildman–Crippen MR) is 94.0 cm³/mol. The van der Waals surface area contributed by atoms with Crippen LogP contribution in [0.15, 0.2) is 48.5 Å². The second kappa shape index (κ2) is 9.58. The summed E-state index contributed by atoms with van der Waals surface area (Å²) in [4.78, 5) is 34.7. The molecule has 0 bridgehead atoms. The fourth-order valence-corrected chi connectivity index (χ4v) is 1.96. The Morgan fingerprint density at radius 3 is 2.26 bits per heavy atom. The molecule has 1 N–H and O–H groups in total. The molecule has 138 valence electrons. The SMILES string of the molecule is COC(=O)c1ccc(NC(=O)COC(=O)COc2ccc(C#N)cc2)cc1. The van der Waals surface area contributed by atoms with Gasteiger partial charge >= 0.3 is 11.9 Å². The predicted octanol–water partition coefficient (Wildman–Crippen LogP) is 1.91. The summed E-state index contributed by atoms with van der Waals surface area (Å²) in [5.41, 5.74) is 1.26. The van der Waals surface area contributed by atoms with Crippen molar-refractivity contribution < 1.29 is 28.6 Å². The first-order valence-electron chi connectivity index (χ1n) is 7.78. The van der Waals surface area contributed by atoms with Gasteiger partial charge in [-0.25, -0.2) is 9.59 Å². The van der Waals surface area contributed by atoms with Crippen molar-refractivity contribution in [3.05, 3.63) is 59.7 Å². The molecule has 0 atom stereocenters. The van der Waals surface area contributed by atoms with Crippen LogP contribution in [0.25, 0.3) is 0 Å². The van der Waals surface area contributed by atoms with Crippen LogP contribution < -0.4 is 10.1 Å². The number of methoxy groups -OCH3 is 1. The Kier molecular flexibility index (Phi) is 6.91. The van der Waals surface area contributed by atoms with Gasteiger partial charge in [-0.05, 0) is 48.5 Å². The number of carbonyl (C=O) groups is 3. The number of nitriles is 1. The van der Waals surface area contributed by atoms with Crippen LogP contribution in [0.5, 0.6) is 5.75 Å². The molecule has 8 nitrogen and oxygen atoms in total. The number of rotatable bonds is 7. The van der Waals surface area contributed by atoms with E-state index in [2.05, 4.69) is 10.1 Å². The average Bonchev–Trinajstić information content (AvgIpc) is 2.71. The van der Waals surface area contributed by atoms with Gasteiger partial charge < -0.3 is 19.5 Å². The zero-order valence-corrected chi connectivity index (χ0v) is 14.4. The minimum Gasteiger partial charge on any atom is -0.482 e. The number of esters is 2. The summed E-state index contributed by atoms with van der Waals surface area (Å²) < 4.78 is 14.6. The molecule has 0 aliphatic heterocycles. The molecule has 0 aliphatic carbocycles. The number of nitrogens with one attached hydrogen (secondary N) is 1. The van der Waals surface area contributed by atoms with Crippen molar-refractivity contribution in [1.82, 2.24) is 0 Å². The van der Waals surface area contributed by atoms with Crippen molar-refractivity contribution in [1.29, 1.82) is 5.26 Å². The van der Waals surface area contributed by atoms with Crippen molar-refractivity contribution in [3.63, 3.8) is 0 Å². The molecule has 2 rings (SSSR count). The lowest BCUT2D eigenvalue weighted by atomic mass is 10.2. The highest BCUT2D eigenvalue weighted by atomic mass is 16.6. The fraction of sp³-hybridized carbons (Fsp3) is 0.158. The minimum atomic E-state index is -0.712. The smallest absolute Gasteiger partial charge is 0.344 e. The van der Waals surface area contributed by atoms with Crippen LogP contribution >= 0.6 is 0 Å². The molecule has 0 aliphatic rings. The van der Waals surface area contributed by atoms with Crippen molar-refractivity contribution in [2.75, 3.05) is 25.6 Å². The number of anilines is 1. The standard InChI is InChI=1S/C19H16N2O6/c1-25-19(24)14-4-6-15(7-5-14)21-17(22)11-27-18(23)12-26-16-8-2-13(10-20)3-9-16/h2-9H,11-12H2,1H3,(H,21,22). The number of hydrogen-bond donors (Lipinski definition) is 1. The quantitative estimate of drug-likeness (QED) is 0.742. The van der Waals surface area contributed by atoms with Crippen LogP contribution in [0, 0.1) is 11.3 Å². The Bertz CT molecular complexity index is 853. The van der Waals surface area contributed by atoms with Gasteiger partial charge in [0.25, 0.3) is 5.91 Å². The molecule has 0 fully saturated rings. The molecule has 8 heteroatoms. The van der Waals surface area contributed by atoms with E-state index < -0.39 is 24.5 Å². The van der Waals surface area contributed by atoms with Crippen LogP contribution in [-0.4, -0.2) is 38.2 Å². The molecular weight excluding hydrogens is 352 g/mol. The van der Waals surface area contributed by atoms with E-state index in [1.54, 1.807) is 24.3 Å². The molecular formula is C19H16N2O6. The van der Waals surface area contributed by atoms with Crippen LogP contribution in [0.1, 0.15) is 15.9 Å². The number of hydrogen-bond acceptors (Lipinski definition) is 7. The zero-order valence-electron chi connectivity index (χ0n) is 14.4. The van der Waals surface area contributed by atoms with E-state index in [9.17, 15) is 14.4 Å². The third kappa shape index (κ3) is 6.17. The number of ether oxygens (including phenoxy) is 3. The van der Waals surface area contributed by atoms with Crippen LogP contribution in [-0.2, 0) is 19.1 Å². The summed E-state index contributed by atoms with van der Waals surface area (Å²) in [5, 5.41) is 11.2. The highest BCUT2D eigenvalue weighted by Crippen LogP contribution is 2.12. The van der Waals surface area contributed by atoms with E-state index in [-0.39, 0.29) is 6.61 Å². The van der Waals surface area contributed by atoms with Crippen molar-refractivity contribution in [2.45, 2.75) is 0 Å². The Hall–Kier alpha value is -3.86. The van der Waals surface area contributed by atoms with Crippen molar-refractivity contribution in [2.24, 2.45) is 0 Å². The molecule has 27 heavy (non-hydrogen) atoms. The summed E-state index contributed by atoms with van der Waals surface area (Å²) in [5.74, 6) is -1.33. The van der Waals surface area contributed by atoms with Gasteiger partial charge in [-0.1, -0.05) is 0 Å². The van der Waals surface area contributed by atoms with Gasteiger partial charge in [0.05, 0.1) is 24.3 Å². The maximum Gasteiger partial charge on any atom is 0.344 e. The lowest BCUT2D eigenvalue weighted by molar-refractivity contribution is -0.149. The lowest BCUT2D eigenvalue weighted by Gasteiger charge is -2.08.